The van der Waals surface area contributed by atoms with Gasteiger partial charge in [0.05, 0.1) is 12.0 Å². The average Bonchev–Trinajstić information content (AvgIpc) is 2.53. The molecule has 1 atom stereocenters. The van der Waals surface area contributed by atoms with Crippen molar-refractivity contribution in [2.75, 3.05) is 7.11 Å². The van der Waals surface area contributed by atoms with Crippen LogP contribution in [0.3, 0.4) is 0 Å². The third-order valence-corrected chi connectivity index (χ3v) is 3.51. The fraction of sp³-hybridized carbons (Fsp3) is 0.250. The molecule has 2 aromatic carbocycles. The van der Waals surface area contributed by atoms with Crippen LogP contribution in [0, 0.1) is 10.1 Å². The van der Waals surface area contributed by atoms with Crippen LogP contribution < -0.4 is 10.1 Å². The highest BCUT2D eigenvalue weighted by Crippen LogP contribution is 2.29. The number of para-hydroxylation sites is 1. The van der Waals surface area contributed by atoms with Crippen molar-refractivity contribution in [3.05, 3.63) is 63.7 Å². The van der Waals surface area contributed by atoms with Crippen LogP contribution in [0.4, 0.5) is 5.69 Å². The van der Waals surface area contributed by atoms with Crippen molar-refractivity contribution in [3.63, 3.8) is 0 Å². The molecule has 6 heteroatoms. The van der Waals surface area contributed by atoms with Crippen molar-refractivity contribution >= 4 is 5.69 Å². The number of benzene rings is 2. The van der Waals surface area contributed by atoms with Gasteiger partial charge < -0.3 is 15.2 Å². The lowest BCUT2D eigenvalue weighted by molar-refractivity contribution is -0.384. The van der Waals surface area contributed by atoms with Gasteiger partial charge in [0.1, 0.15) is 0 Å². The normalized spacial score (nSPS) is 11.9. The maximum absolute atomic E-state index is 10.6. The monoisotopic (exact) mass is 302 g/mol. The van der Waals surface area contributed by atoms with Gasteiger partial charge in [0.2, 0.25) is 0 Å². The SMILES string of the molecule is COc1cccc(CN[C@H](C)c2ccc([N+](=O)[O-])cc2)c1O. The number of ether oxygens (including phenoxy) is 1. The Kier molecular flexibility index (Phi) is 4.95. The van der Waals surface area contributed by atoms with Gasteiger partial charge in [-0.2, -0.15) is 0 Å². The molecule has 0 saturated carbocycles. The summed E-state index contributed by atoms with van der Waals surface area (Å²) >= 11 is 0. The molecule has 0 spiro atoms. The number of methoxy groups -OCH3 is 1. The van der Waals surface area contributed by atoms with Crippen molar-refractivity contribution < 1.29 is 14.8 Å². The lowest BCUT2D eigenvalue weighted by Gasteiger charge is -2.15. The average molecular weight is 302 g/mol. The Morgan fingerprint density at radius 3 is 2.55 bits per heavy atom. The number of nitro groups is 1. The zero-order chi connectivity index (χ0) is 16.1. The van der Waals surface area contributed by atoms with E-state index in [4.69, 9.17) is 4.74 Å². The first kappa shape index (κ1) is 15.8. The van der Waals surface area contributed by atoms with Crippen LogP contribution in [0.5, 0.6) is 11.5 Å². The lowest BCUT2D eigenvalue weighted by Crippen LogP contribution is -2.18. The fourth-order valence-electron chi connectivity index (χ4n) is 2.14. The second kappa shape index (κ2) is 6.91. The number of nitrogens with one attached hydrogen (secondary N) is 1. The molecule has 0 bridgehead atoms. The molecule has 22 heavy (non-hydrogen) atoms. The summed E-state index contributed by atoms with van der Waals surface area (Å²) in [5.41, 5.74) is 1.74. The summed E-state index contributed by atoms with van der Waals surface area (Å²) in [6.45, 7) is 2.42. The molecule has 6 nitrogen and oxygen atoms in total. The van der Waals surface area contributed by atoms with Gasteiger partial charge >= 0.3 is 0 Å². The lowest BCUT2D eigenvalue weighted by atomic mass is 10.1. The number of nitrogens with zero attached hydrogens (tertiary/aromatic N) is 1. The van der Waals surface area contributed by atoms with Crippen LogP contribution in [0.1, 0.15) is 24.1 Å². The van der Waals surface area contributed by atoms with Gasteiger partial charge in [0.25, 0.3) is 5.69 Å². The molecule has 0 aromatic heterocycles. The Hall–Kier alpha value is -2.60. The fourth-order valence-corrected chi connectivity index (χ4v) is 2.14. The summed E-state index contributed by atoms with van der Waals surface area (Å²) in [5.74, 6) is 0.552. The highest BCUT2D eigenvalue weighted by atomic mass is 16.6. The quantitative estimate of drug-likeness (QED) is 0.632. The molecule has 0 aliphatic rings. The van der Waals surface area contributed by atoms with E-state index in [-0.39, 0.29) is 17.5 Å². The Labute approximate surface area is 128 Å². The molecule has 0 aliphatic carbocycles. The van der Waals surface area contributed by atoms with Crippen LogP contribution in [-0.2, 0) is 6.54 Å². The van der Waals surface area contributed by atoms with Crippen LogP contribution in [-0.4, -0.2) is 17.1 Å². The van der Waals surface area contributed by atoms with Gasteiger partial charge in [-0.05, 0) is 18.6 Å². The summed E-state index contributed by atoms with van der Waals surface area (Å²) in [7, 11) is 1.51. The van der Waals surface area contributed by atoms with Crippen molar-refractivity contribution in [2.24, 2.45) is 0 Å². The van der Waals surface area contributed by atoms with Crippen molar-refractivity contribution in [2.45, 2.75) is 19.5 Å². The Morgan fingerprint density at radius 2 is 1.95 bits per heavy atom. The first-order valence-electron chi connectivity index (χ1n) is 6.85. The van der Waals surface area contributed by atoms with Crippen LogP contribution in [0.15, 0.2) is 42.5 Å². The van der Waals surface area contributed by atoms with Crippen molar-refractivity contribution in [1.29, 1.82) is 0 Å². The Bertz CT molecular complexity index is 656. The minimum absolute atomic E-state index is 0.00796. The molecule has 0 saturated heterocycles. The molecule has 0 heterocycles. The van der Waals surface area contributed by atoms with E-state index in [0.717, 1.165) is 11.1 Å². The van der Waals surface area contributed by atoms with E-state index in [1.54, 1.807) is 18.2 Å². The van der Waals surface area contributed by atoms with Gasteiger partial charge in [-0.25, -0.2) is 0 Å². The minimum atomic E-state index is -0.420. The van der Waals surface area contributed by atoms with Gasteiger partial charge in [0.15, 0.2) is 11.5 Å². The van der Waals surface area contributed by atoms with E-state index < -0.39 is 4.92 Å². The number of phenols is 1. The second-order valence-corrected chi connectivity index (χ2v) is 4.92. The maximum atomic E-state index is 10.6. The van der Waals surface area contributed by atoms with Crippen LogP contribution >= 0.6 is 0 Å². The largest absolute Gasteiger partial charge is 0.504 e. The topological polar surface area (TPSA) is 84.6 Å². The molecule has 116 valence electrons. The molecule has 0 radical (unpaired) electrons. The first-order chi connectivity index (χ1) is 10.5. The van der Waals surface area contributed by atoms with Gasteiger partial charge in [-0.1, -0.05) is 24.3 Å². The molecule has 2 aromatic rings. The Morgan fingerprint density at radius 1 is 1.27 bits per heavy atom. The number of aromatic hydroxyl groups is 1. The molecule has 0 aliphatic heterocycles. The van der Waals surface area contributed by atoms with Gasteiger partial charge in [-0.3, -0.25) is 10.1 Å². The van der Waals surface area contributed by atoms with Crippen LogP contribution in [0.2, 0.25) is 0 Å². The summed E-state index contributed by atoms with van der Waals surface area (Å²) in [5, 5.41) is 23.9. The predicted octanol–water partition coefficient (Wildman–Crippen LogP) is 3.16. The smallest absolute Gasteiger partial charge is 0.269 e. The van der Waals surface area contributed by atoms with E-state index >= 15 is 0 Å². The highest BCUT2D eigenvalue weighted by molar-refractivity contribution is 5.45. The number of hydrogen-bond donors (Lipinski definition) is 2. The highest BCUT2D eigenvalue weighted by Gasteiger charge is 2.11. The number of non-ortho nitro benzene ring substituents is 1. The van der Waals surface area contributed by atoms with E-state index in [2.05, 4.69) is 5.32 Å². The first-order valence-corrected chi connectivity index (χ1v) is 6.85. The molecular formula is C16H18N2O4. The number of phenolic OH excluding ortho intramolecular Hbond substituents is 1. The molecule has 0 amide bonds. The van der Waals surface area contributed by atoms with E-state index in [1.165, 1.54) is 19.2 Å². The summed E-state index contributed by atoms with van der Waals surface area (Å²) < 4.78 is 5.07. The number of rotatable bonds is 6. The van der Waals surface area contributed by atoms with E-state index in [0.29, 0.717) is 12.3 Å². The molecule has 0 unspecified atom stereocenters. The summed E-state index contributed by atoms with van der Waals surface area (Å²) in [6, 6.07) is 11.7. The zero-order valence-corrected chi connectivity index (χ0v) is 12.4. The number of hydrogen-bond acceptors (Lipinski definition) is 5. The van der Waals surface area contributed by atoms with E-state index in [1.807, 2.05) is 19.1 Å². The maximum Gasteiger partial charge on any atom is 0.269 e. The van der Waals surface area contributed by atoms with Crippen molar-refractivity contribution in [3.8, 4) is 11.5 Å². The molecule has 2 N–H and O–H groups in total. The van der Waals surface area contributed by atoms with Crippen molar-refractivity contribution in [1.82, 2.24) is 5.32 Å². The predicted molar refractivity (Wildman–Crippen MR) is 83.0 cm³/mol. The zero-order valence-electron chi connectivity index (χ0n) is 12.4. The van der Waals surface area contributed by atoms with E-state index in [9.17, 15) is 15.2 Å². The molecule has 2 rings (SSSR count). The third kappa shape index (κ3) is 3.53. The van der Waals surface area contributed by atoms with Crippen LogP contribution in [0.25, 0.3) is 0 Å². The third-order valence-electron chi connectivity index (χ3n) is 3.51. The summed E-state index contributed by atoms with van der Waals surface area (Å²) in [4.78, 5) is 10.2. The van der Waals surface area contributed by atoms with Gasteiger partial charge in [0, 0.05) is 30.3 Å². The minimum Gasteiger partial charge on any atom is -0.504 e. The Balaban J connectivity index is 2.03. The molecular weight excluding hydrogens is 284 g/mol. The molecule has 0 fully saturated rings. The standard InChI is InChI=1S/C16H18N2O4/c1-11(12-6-8-14(9-7-12)18(20)21)17-10-13-4-3-5-15(22-2)16(13)19/h3-9,11,17,19H,10H2,1-2H3/t11-/m1/s1. The summed E-state index contributed by atoms with van der Waals surface area (Å²) in [6.07, 6.45) is 0. The van der Waals surface area contributed by atoms with Gasteiger partial charge in [-0.15, -0.1) is 0 Å². The number of nitro benzene ring substituents is 1. The second-order valence-electron chi connectivity index (χ2n) is 4.92.